The molecule has 4 aromatic rings. The first-order chi connectivity index (χ1) is 13.9. The van der Waals surface area contributed by atoms with Crippen LogP contribution in [0.4, 0.5) is 0 Å². The average Bonchev–Trinajstić information content (AvgIpc) is 3.06. The van der Waals surface area contributed by atoms with Gasteiger partial charge in [0, 0.05) is 12.2 Å². The zero-order valence-corrected chi connectivity index (χ0v) is 17.9. The summed E-state index contributed by atoms with van der Waals surface area (Å²) in [4.78, 5) is 0. The van der Waals surface area contributed by atoms with Gasteiger partial charge in [0.15, 0.2) is 5.82 Å². The van der Waals surface area contributed by atoms with Crippen LogP contribution < -0.4 is 5.84 Å². The van der Waals surface area contributed by atoms with Gasteiger partial charge in [0.2, 0.25) is 5.16 Å². The molecule has 0 radical (unpaired) electrons. The summed E-state index contributed by atoms with van der Waals surface area (Å²) in [6, 6.07) is 23.5. The lowest BCUT2D eigenvalue weighted by atomic mass is 9.87. The second-order valence-electron chi connectivity index (χ2n) is 8.32. The predicted octanol–water partition coefficient (Wildman–Crippen LogP) is 5.33. The molecule has 2 N–H and O–H groups in total. The Morgan fingerprint density at radius 1 is 0.897 bits per heavy atom. The minimum atomic E-state index is 0.166. The SMILES string of the molecule is CC(C)(C)c1ccc(CSc2nnc(Cc3cccc4ccccc34)n2N)cc1. The Kier molecular flexibility index (Phi) is 5.33. The summed E-state index contributed by atoms with van der Waals surface area (Å²) in [5.74, 6) is 7.90. The number of aromatic nitrogens is 3. The smallest absolute Gasteiger partial charge is 0.210 e. The van der Waals surface area contributed by atoms with Crippen LogP contribution in [0.3, 0.4) is 0 Å². The minimum Gasteiger partial charge on any atom is -0.336 e. The Labute approximate surface area is 176 Å². The van der Waals surface area contributed by atoms with E-state index in [2.05, 4.69) is 97.7 Å². The van der Waals surface area contributed by atoms with Gasteiger partial charge < -0.3 is 5.84 Å². The highest BCUT2D eigenvalue weighted by Crippen LogP contribution is 2.26. The molecule has 5 heteroatoms. The molecule has 1 heterocycles. The molecule has 4 nitrogen and oxygen atoms in total. The van der Waals surface area contributed by atoms with Gasteiger partial charge in [-0.25, -0.2) is 4.68 Å². The molecular weight excluding hydrogens is 376 g/mol. The van der Waals surface area contributed by atoms with E-state index in [1.807, 2.05) is 0 Å². The van der Waals surface area contributed by atoms with Crippen molar-refractivity contribution in [2.24, 2.45) is 0 Å². The normalized spacial score (nSPS) is 11.8. The predicted molar refractivity (Wildman–Crippen MR) is 122 cm³/mol. The zero-order valence-electron chi connectivity index (χ0n) is 17.1. The third-order valence-corrected chi connectivity index (χ3v) is 6.17. The van der Waals surface area contributed by atoms with E-state index in [9.17, 15) is 0 Å². The van der Waals surface area contributed by atoms with Crippen LogP contribution in [0.15, 0.2) is 71.9 Å². The number of thioether (sulfide) groups is 1. The van der Waals surface area contributed by atoms with Gasteiger partial charge in [-0.3, -0.25) is 0 Å². The van der Waals surface area contributed by atoms with E-state index in [1.165, 1.54) is 27.5 Å². The molecule has 0 aliphatic rings. The summed E-state index contributed by atoms with van der Waals surface area (Å²) in [6.07, 6.45) is 0.658. The first kappa shape index (κ1) is 19.5. The fraction of sp³-hybridized carbons (Fsp3) is 0.250. The van der Waals surface area contributed by atoms with E-state index >= 15 is 0 Å². The van der Waals surface area contributed by atoms with Gasteiger partial charge in [-0.1, -0.05) is 99.3 Å². The summed E-state index contributed by atoms with van der Waals surface area (Å²) < 4.78 is 1.62. The fourth-order valence-electron chi connectivity index (χ4n) is 3.39. The van der Waals surface area contributed by atoms with Crippen molar-refractivity contribution in [3.8, 4) is 0 Å². The van der Waals surface area contributed by atoms with Crippen LogP contribution in [0.2, 0.25) is 0 Å². The quantitative estimate of drug-likeness (QED) is 0.362. The molecule has 148 valence electrons. The second kappa shape index (κ2) is 7.91. The van der Waals surface area contributed by atoms with Crippen LogP contribution >= 0.6 is 11.8 Å². The molecule has 0 fully saturated rings. The third-order valence-electron chi connectivity index (χ3n) is 5.15. The molecule has 0 bridgehead atoms. The van der Waals surface area contributed by atoms with Gasteiger partial charge in [-0.2, -0.15) is 0 Å². The Hall–Kier alpha value is -2.79. The summed E-state index contributed by atoms with van der Waals surface area (Å²) in [6.45, 7) is 6.68. The Balaban J connectivity index is 1.47. The summed E-state index contributed by atoms with van der Waals surface area (Å²) in [7, 11) is 0. The van der Waals surface area contributed by atoms with Gasteiger partial charge in [0.1, 0.15) is 0 Å². The molecule has 0 atom stereocenters. The molecule has 0 spiro atoms. The van der Waals surface area contributed by atoms with E-state index in [4.69, 9.17) is 5.84 Å². The maximum atomic E-state index is 6.31. The lowest BCUT2D eigenvalue weighted by molar-refractivity contribution is 0.590. The summed E-state index contributed by atoms with van der Waals surface area (Å²) >= 11 is 1.61. The van der Waals surface area contributed by atoms with Gasteiger partial charge in [0.25, 0.3) is 0 Å². The lowest BCUT2D eigenvalue weighted by Gasteiger charge is -2.19. The maximum Gasteiger partial charge on any atom is 0.210 e. The average molecular weight is 403 g/mol. The maximum absolute atomic E-state index is 6.31. The highest BCUT2D eigenvalue weighted by atomic mass is 32.2. The van der Waals surface area contributed by atoms with Crippen LogP contribution in [0.25, 0.3) is 10.8 Å². The fourth-order valence-corrected chi connectivity index (χ4v) is 4.22. The van der Waals surface area contributed by atoms with Crippen LogP contribution in [-0.2, 0) is 17.6 Å². The Morgan fingerprint density at radius 2 is 1.62 bits per heavy atom. The Morgan fingerprint density at radius 3 is 2.38 bits per heavy atom. The summed E-state index contributed by atoms with van der Waals surface area (Å²) in [5, 5.41) is 11.8. The molecule has 0 aliphatic carbocycles. The molecule has 0 saturated heterocycles. The van der Waals surface area contributed by atoms with Crippen molar-refractivity contribution >= 4 is 22.5 Å². The van der Waals surface area contributed by atoms with Crippen LogP contribution in [0.1, 0.15) is 43.3 Å². The van der Waals surface area contributed by atoms with Gasteiger partial charge in [-0.05, 0) is 32.9 Å². The van der Waals surface area contributed by atoms with E-state index in [0.717, 1.165) is 16.7 Å². The van der Waals surface area contributed by atoms with Crippen LogP contribution in [0, 0.1) is 0 Å². The van der Waals surface area contributed by atoms with Gasteiger partial charge in [0.05, 0.1) is 0 Å². The molecule has 0 amide bonds. The summed E-state index contributed by atoms with van der Waals surface area (Å²) in [5.41, 5.74) is 3.96. The van der Waals surface area contributed by atoms with Gasteiger partial charge in [-0.15, -0.1) is 10.2 Å². The first-order valence-corrected chi connectivity index (χ1v) is 10.8. The molecular formula is C24H26N4S. The highest BCUT2D eigenvalue weighted by Gasteiger charge is 2.14. The second-order valence-corrected chi connectivity index (χ2v) is 9.26. The molecule has 1 aromatic heterocycles. The van der Waals surface area contributed by atoms with Crippen molar-refractivity contribution in [2.45, 2.75) is 43.5 Å². The van der Waals surface area contributed by atoms with Crippen molar-refractivity contribution in [3.63, 3.8) is 0 Å². The van der Waals surface area contributed by atoms with Crippen molar-refractivity contribution in [3.05, 3.63) is 89.2 Å². The molecule has 3 aromatic carbocycles. The van der Waals surface area contributed by atoms with E-state index in [0.29, 0.717) is 6.42 Å². The number of nitrogen functional groups attached to an aromatic ring is 1. The standard InChI is InChI=1S/C24H26N4S/c1-24(2,3)20-13-11-17(12-14-20)16-29-23-27-26-22(28(23)25)15-19-9-6-8-18-7-4-5-10-21(18)19/h4-14H,15-16,25H2,1-3H3. The molecule has 0 aliphatic heterocycles. The van der Waals surface area contributed by atoms with Crippen molar-refractivity contribution in [1.29, 1.82) is 0 Å². The number of nitrogens with zero attached hydrogens (tertiary/aromatic N) is 3. The van der Waals surface area contributed by atoms with E-state index < -0.39 is 0 Å². The van der Waals surface area contributed by atoms with Crippen LogP contribution in [-0.4, -0.2) is 14.9 Å². The molecule has 29 heavy (non-hydrogen) atoms. The molecule has 0 unspecified atom stereocenters. The lowest BCUT2D eigenvalue weighted by Crippen LogP contribution is -2.14. The number of hydrogen-bond donors (Lipinski definition) is 1. The first-order valence-electron chi connectivity index (χ1n) is 9.80. The topological polar surface area (TPSA) is 56.7 Å². The number of hydrogen-bond acceptors (Lipinski definition) is 4. The van der Waals surface area contributed by atoms with E-state index in [-0.39, 0.29) is 5.41 Å². The molecule has 0 saturated carbocycles. The van der Waals surface area contributed by atoms with Crippen molar-refractivity contribution in [1.82, 2.24) is 14.9 Å². The monoisotopic (exact) mass is 402 g/mol. The largest absolute Gasteiger partial charge is 0.336 e. The van der Waals surface area contributed by atoms with Gasteiger partial charge >= 0.3 is 0 Å². The van der Waals surface area contributed by atoms with Crippen molar-refractivity contribution < 1.29 is 0 Å². The number of nitrogens with two attached hydrogens (primary N) is 1. The van der Waals surface area contributed by atoms with E-state index in [1.54, 1.807) is 16.4 Å². The van der Waals surface area contributed by atoms with Crippen molar-refractivity contribution in [2.75, 3.05) is 5.84 Å². The third kappa shape index (κ3) is 4.30. The number of benzene rings is 3. The number of fused-ring (bicyclic) bond motifs is 1. The molecule has 4 rings (SSSR count). The minimum absolute atomic E-state index is 0.166. The number of rotatable bonds is 5. The highest BCUT2D eigenvalue weighted by molar-refractivity contribution is 7.98. The van der Waals surface area contributed by atoms with Crippen LogP contribution in [0.5, 0.6) is 0 Å². The zero-order chi connectivity index (χ0) is 20.4. The Bertz CT molecular complexity index is 1120.